The molecule has 11 heteroatoms. The van der Waals surface area contributed by atoms with Gasteiger partial charge in [0.1, 0.15) is 0 Å². The number of aromatic nitrogens is 4. The highest BCUT2D eigenvalue weighted by atomic mass is 79.9. The Hall–Kier alpha value is -1.72. The van der Waals surface area contributed by atoms with E-state index in [2.05, 4.69) is 36.3 Å². The van der Waals surface area contributed by atoms with Gasteiger partial charge in [-0.2, -0.15) is 4.98 Å². The molecule has 1 aromatic carbocycles. The second kappa shape index (κ2) is 7.72. The quantitative estimate of drug-likeness (QED) is 0.501. The molecule has 142 valence electrons. The van der Waals surface area contributed by atoms with Crippen LogP contribution in [0.4, 0.5) is 0 Å². The van der Waals surface area contributed by atoms with Crippen molar-refractivity contribution < 1.29 is 17.4 Å². The summed E-state index contributed by atoms with van der Waals surface area (Å²) in [5, 5.41) is 12.4. The standard InChI is InChI=1S/C16H15BrN4O4S2/c17-12-3-1-2-11(7-12)15-18-14(25-21-15)8-26-16-20-19-13(24-16)6-10-4-5-27(22,23)9-10/h1-3,7,10H,4-6,8-9H2/t10-/m1/s1. The number of rotatable bonds is 6. The van der Waals surface area contributed by atoms with Crippen LogP contribution in [0.5, 0.6) is 0 Å². The van der Waals surface area contributed by atoms with Crippen LogP contribution in [-0.2, 0) is 22.0 Å². The number of hydrogen-bond acceptors (Lipinski definition) is 9. The first kappa shape index (κ1) is 18.6. The molecule has 1 saturated heterocycles. The van der Waals surface area contributed by atoms with Gasteiger partial charge in [-0.25, -0.2) is 8.42 Å². The third-order valence-corrected chi connectivity index (χ3v) is 7.24. The highest BCUT2D eigenvalue weighted by Gasteiger charge is 2.29. The Bertz CT molecular complexity index is 1050. The van der Waals surface area contributed by atoms with Crippen LogP contribution in [0, 0.1) is 5.92 Å². The summed E-state index contributed by atoms with van der Waals surface area (Å²) in [6.45, 7) is 0. The minimum atomic E-state index is -2.90. The van der Waals surface area contributed by atoms with Crippen molar-refractivity contribution >= 4 is 37.5 Å². The molecule has 0 spiro atoms. The first-order valence-electron chi connectivity index (χ1n) is 8.21. The molecular weight excluding hydrogens is 456 g/mol. The summed E-state index contributed by atoms with van der Waals surface area (Å²) in [4.78, 5) is 4.37. The SMILES string of the molecule is O=S1(=O)CC[C@H](Cc2nnc(SCc3nc(-c4cccc(Br)c4)no3)o2)C1. The molecule has 0 saturated carbocycles. The van der Waals surface area contributed by atoms with E-state index in [1.807, 2.05) is 24.3 Å². The number of thioether (sulfide) groups is 1. The Morgan fingerprint density at radius 2 is 2.15 bits per heavy atom. The van der Waals surface area contributed by atoms with Gasteiger partial charge in [0, 0.05) is 16.5 Å². The van der Waals surface area contributed by atoms with Crippen LogP contribution >= 0.6 is 27.7 Å². The smallest absolute Gasteiger partial charge is 0.277 e. The first-order chi connectivity index (χ1) is 13.0. The van der Waals surface area contributed by atoms with Gasteiger partial charge in [-0.3, -0.25) is 0 Å². The molecular formula is C16H15BrN4O4S2. The van der Waals surface area contributed by atoms with Gasteiger partial charge in [-0.1, -0.05) is 45.0 Å². The highest BCUT2D eigenvalue weighted by molar-refractivity contribution is 9.10. The normalized spacial score (nSPS) is 18.8. The van der Waals surface area contributed by atoms with E-state index in [0.717, 1.165) is 10.0 Å². The van der Waals surface area contributed by atoms with Crippen LogP contribution in [0.15, 0.2) is 42.9 Å². The topological polar surface area (TPSA) is 112 Å². The van der Waals surface area contributed by atoms with Crippen molar-refractivity contribution in [1.29, 1.82) is 0 Å². The van der Waals surface area contributed by atoms with Crippen molar-refractivity contribution in [2.75, 3.05) is 11.5 Å². The zero-order valence-corrected chi connectivity index (χ0v) is 17.3. The molecule has 3 aromatic rings. The lowest BCUT2D eigenvalue weighted by molar-refractivity contribution is 0.383. The Labute approximate surface area is 168 Å². The maximum atomic E-state index is 11.5. The van der Waals surface area contributed by atoms with Crippen molar-refractivity contribution in [3.8, 4) is 11.4 Å². The van der Waals surface area contributed by atoms with Crippen LogP contribution in [0.3, 0.4) is 0 Å². The molecule has 2 aromatic heterocycles. The van der Waals surface area contributed by atoms with Gasteiger partial charge in [0.05, 0.1) is 17.3 Å². The van der Waals surface area contributed by atoms with Crippen molar-refractivity contribution in [2.45, 2.75) is 23.8 Å². The zero-order chi connectivity index (χ0) is 18.9. The number of halogens is 1. The lowest BCUT2D eigenvalue weighted by atomic mass is 10.1. The molecule has 1 aliphatic heterocycles. The van der Waals surface area contributed by atoms with Gasteiger partial charge in [0.15, 0.2) is 9.84 Å². The molecule has 0 radical (unpaired) electrons. The Morgan fingerprint density at radius 3 is 2.93 bits per heavy atom. The molecule has 0 bridgehead atoms. The lowest BCUT2D eigenvalue weighted by Crippen LogP contribution is -2.07. The average Bonchev–Trinajstić information content (AvgIpc) is 3.34. The molecule has 0 N–H and O–H groups in total. The first-order valence-corrected chi connectivity index (χ1v) is 11.8. The van der Waals surface area contributed by atoms with Gasteiger partial charge in [0.25, 0.3) is 5.22 Å². The minimum Gasteiger partial charge on any atom is -0.416 e. The highest BCUT2D eigenvalue weighted by Crippen LogP contribution is 2.26. The van der Waals surface area contributed by atoms with Gasteiger partial charge >= 0.3 is 0 Å². The van der Waals surface area contributed by atoms with Gasteiger partial charge in [-0.05, 0) is 24.5 Å². The number of sulfone groups is 1. The zero-order valence-electron chi connectivity index (χ0n) is 14.0. The maximum Gasteiger partial charge on any atom is 0.277 e. The van der Waals surface area contributed by atoms with Crippen LogP contribution in [0.1, 0.15) is 18.2 Å². The Morgan fingerprint density at radius 1 is 1.26 bits per heavy atom. The summed E-state index contributed by atoms with van der Waals surface area (Å²) in [6, 6.07) is 7.64. The second-order valence-corrected chi connectivity index (χ2v) is 10.3. The molecule has 3 heterocycles. The fraction of sp³-hybridized carbons (Fsp3) is 0.375. The molecule has 0 amide bonds. The fourth-order valence-electron chi connectivity index (χ4n) is 2.84. The average molecular weight is 471 g/mol. The van der Waals surface area contributed by atoms with E-state index in [9.17, 15) is 8.42 Å². The van der Waals surface area contributed by atoms with E-state index in [0.29, 0.717) is 41.4 Å². The van der Waals surface area contributed by atoms with Crippen molar-refractivity contribution in [3.63, 3.8) is 0 Å². The predicted octanol–water partition coefficient (Wildman–Crippen LogP) is 3.15. The van der Waals surface area contributed by atoms with Crippen molar-refractivity contribution in [3.05, 3.63) is 40.5 Å². The van der Waals surface area contributed by atoms with E-state index in [1.165, 1.54) is 11.8 Å². The molecule has 1 fully saturated rings. The second-order valence-electron chi connectivity index (χ2n) is 6.25. The summed E-state index contributed by atoms with van der Waals surface area (Å²) in [6.07, 6.45) is 1.13. The molecule has 4 rings (SSSR count). The van der Waals surface area contributed by atoms with Gasteiger partial charge in [-0.15, -0.1) is 10.2 Å². The van der Waals surface area contributed by atoms with E-state index >= 15 is 0 Å². The molecule has 8 nitrogen and oxygen atoms in total. The summed E-state index contributed by atoms with van der Waals surface area (Å²) >= 11 is 4.72. The Kier molecular flexibility index (Phi) is 5.33. The third kappa shape index (κ3) is 4.77. The Balaban J connectivity index is 1.34. The van der Waals surface area contributed by atoms with Gasteiger partial charge in [0.2, 0.25) is 17.6 Å². The summed E-state index contributed by atoms with van der Waals surface area (Å²) < 4.78 is 34.8. The maximum absolute atomic E-state index is 11.5. The van der Waals surface area contributed by atoms with Crippen molar-refractivity contribution in [1.82, 2.24) is 20.3 Å². The minimum absolute atomic E-state index is 0.0528. The molecule has 0 unspecified atom stereocenters. The van der Waals surface area contributed by atoms with Gasteiger partial charge < -0.3 is 8.94 Å². The van der Waals surface area contributed by atoms with E-state index in [-0.39, 0.29) is 17.4 Å². The summed E-state index contributed by atoms with van der Waals surface area (Å²) in [7, 11) is -2.90. The van der Waals surface area contributed by atoms with Crippen LogP contribution in [0.2, 0.25) is 0 Å². The van der Waals surface area contributed by atoms with Crippen LogP contribution in [-0.4, -0.2) is 40.3 Å². The van der Waals surface area contributed by atoms with Crippen LogP contribution in [0.25, 0.3) is 11.4 Å². The summed E-state index contributed by atoms with van der Waals surface area (Å²) in [5.41, 5.74) is 0.857. The van der Waals surface area contributed by atoms with Crippen molar-refractivity contribution in [2.24, 2.45) is 5.92 Å². The summed E-state index contributed by atoms with van der Waals surface area (Å²) in [5.74, 6) is 2.32. The molecule has 27 heavy (non-hydrogen) atoms. The fourth-order valence-corrected chi connectivity index (χ4v) is 5.72. The number of nitrogens with zero attached hydrogens (tertiary/aromatic N) is 4. The molecule has 1 aliphatic rings. The van der Waals surface area contributed by atoms with E-state index < -0.39 is 9.84 Å². The largest absolute Gasteiger partial charge is 0.416 e. The molecule has 1 atom stereocenters. The van der Waals surface area contributed by atoms with Crippen LogP contribution < -0.4 is 0 Å². The lowest BCUT2D eigenvalue weighted by Gasteiger charge is -2.01. The number of benzene rings is 1. The molecule has 0 aliphatic carbocycles. The monoisotopic (exact) mass is 470 g/mol. The third-order valence-electron chi connectivity index (χ3n) is 4.11. The number of hydrogen-bond donors (Lipinski definition) is 0. The van der Waals surface area contributed by atoms with E-state index in [4.69, 9.17) is 8.94 Å². The predicted molar refractivity (Wildman–Crippen MR) is 102 cm³/mol. The van der Waals surface area contributed by atoms with E-state index in [1.54, 1.807) is 0 Å².